The normalized spacial score (nSPS) is 25.8. The Bertz CT molecular complexity index is 280. The zero-order valence-corrected chi connectivity index (χ0v) is 14.2. The Kier molecular flexibility index (Phi) is 9.73. The number of amides is 1. The number of carbonyl (C=O) groups is 1. The molecule has 0 heterocycles. The molecule has 0 spiro atoms. The third-order valence-corrected chi connectivity index (χ3v) is 5.03. The summed E-state index contributed by atoms with van der Waals surface area (Å²) in [6.07, 6.45) is 13.6. The van der Waals surface area contributed by atoms with Gasteiger partial charge in [0.2, 0.25) is 5.91 Å². The molecule has 0 bridgehead atoms. The molecule has 3 unspecified atom stereocenters. The topological polar surface area (TPSA) is 55.1 Å². The average molecular weight is 296 g/mol. The third-order valence-electron chi connectivity index (χ3n) is 5.03. The number of carbonyl (C=O) groups excluding carboxylic acids is 1. The van der Waals surface area contributed by atoms with Crippen molar-refractivity contribution in [1.82, 2.24) is 5.32 Å². The van der Waals surface area contributed by atoms with Crippen molar-refractivity contribution in [3.63, 3.8) is 0 Å². The van der Waals surface area contributed by atoms with Gasteiger partial charge in [-0.05, 0) is 25.2 Å². The first-order valence-corrected chi connectivity index (χ1v) is 9.20. The van der Waals surface area contributed by atoms with Crippen LogP contribution in [0, 0.1) is 11.8 Å². The lowest BCUT2D eigenvalue weighted by atomic mass is 9.77. The van der Waals surface area contributed by atoms with Gasteiger partial charge in [0.1, 0.15) is 0 Å². The summed E-state index contributed by atoms with van der Waals surface area (Å²) in [6, 6.07) is 0.206. The fourth-order valence-corrected chi connectivity index (χ4v) is 3.37. The van der Waals surface area contributed by atoms with Crippen LogP contribution in [0.2, 0.25) is 0 Å². The molecule has 1 rings (SSSR count). The van der Waals surface area contributed by atoms with Gasteiger partial charge >= 0.3 is 0 Å². The fraction of sp³-hybridized carbons (Fsp3) is 0.944. The minimum atomic E-state index is 0.141. The molecule has 3 nitrogen and oxygen atoms in total. The fourth-order valence-electron chi connectivity index (χ4n) is 3.37. The lowest BCUT2D eigenvalue weighted by Gasteiger charge is -2.32. The molecule has 1 amide bonds. The lowest BCUT2D eigenvalue weighted by molar-refractivity contribution is -0.127. The van der Waals surface area contributed by atoms with Gasteiger partial charge in [0, 0.05) is 18.5 Å². The molecule has 1 saturated carbocycles. The van der Waals surface area contributed by atoms with Gasteiger partial charge in [0.15, 0.2) is 0 Å². The first kappa shape index (κ1) is 18.5. The van der Waals surface area contributed by atoms with E-state index >= 15 is 0 Å². The standard InChI is InChI=1S/C18H36N2O/c1-3-4-5-6-7-8-9-10-14-20-18(21)16-12-11-13-17(19)15(16)2/h15-17H,3-14,19H2,1-2H3,(H,20,21). The van der Waals surface area contributed by atoms with Gasteiger partial charge in [-0.15, -0.1) is 0 Å². The van der Waals surface area contributed by atoms with Crippen molar-refractivity contribution in [2.75, 3.05) is 6.54 Å². The Labute approximate surface area is 131 Å². The molecule has 0 aromatic carbocycles. The Morgan fingerprint density at radius 2 is 1.67 bits per heavy atom. The molecule has 1 aliphatic carbocycles. The van der Waals surface area contributed by atoms with Crippen LogP contribution in [0.1, 0.15) is 84.5 Å². The first-order valence-electron chi connectivity index (χ1n) is 9.20. The molecule has 0 aliphatic heterocycles. The van der Waals surface area contributed by atoms with Gasteiger partial charge < -0.3 is 11.1 Å². The molecule has 21 heavy (non-hydrogen) atoms. The van der Waals surface area contributed by atoms with E-state index in [1.54, 1.807) is 0 Å². The van der Waals surface area contributed by atoms with Crippen molar-refractivity contribution in [3.05, 3.63) is 0 Å². The van der Waals surface area contributed by atoms with Crippen molar-refractivity contribution in [3.8, 4) is 0 Å². The second kappa shape index (κ2) is 11.1. The molecule has 1 aliphatic rings. The Balaban J connectivity index is 2.00. The van der Waals surface area contributed by atoms with Gasteiger partial charge in [0.25, 0.3) is 0 Å². The number of rotatable bonds is 10. The predicted octanol–water partition coefficient (Wildman–Crippen LogP) is 4.01. The van der Waals surface area contributed by atoms with Crippen LogP contribution >= 0.6 is 0 Å². The molecule has 0 aromatic heterocycles. The lowest BCUT2D eigenvalue weighted by Crippen LogP contribution is -2.44. The van der Waals surface area contributed by atoms with E-state index in [2.05, 4.69) is 19.2 Å². The highest BCUT2D eigenvalue weighted by molar-refractivity contribution is 5.79. The molecular weight excluding hydrogens is 260 g/mol. The quantitative estimate of drug-likeness (QED) is 0.599. The molecular formula is C18H36N2O. The maximum absolute atomic E-state index is 12.2. The van der Waals surface area contributed by atoms with Crippen molar-refractivity contribution < 1.29 is 4.79 Å². The molecule has 1 fully saturated rings. The summed E-state index contributed by atoms with van der Waals surface area (Å²) < 4.78 is 0. The van der Waals surface area contributed by atoms with Crippen molar-refractivity contribution in [1.29, 1.82) is 0 Å². The Morgan fingerprint density at radius 1 is 1.05 bits per heavy atom. The average Bonchev–Trinajstić information content (AvgIpc) is 2.48. The van der Waals surface area contributed by atoms with Gasteiger partial charge in [-0.3, -0.25) is 4.79 Å². The summed E-state index contributed by atoms with van der Waals surface area (Å²) in [4.78, 5) is 12.2. The van der Waals surface area contributed by atoms with Gasteiger partial charge in [-0.25, -0.2) is 0 Å². The number of hydrogen-bond donors (Lipinski definition) is 2. The third kappa shape index (κ3) is 7.30. The van der Waals surface area contributed by atoms with E-state index in [-0.39, 0.29) is 17.9 Å². The SMILES string of the molecule is CCCCCCCCCCNC(=O)C1CCCC(N)C1C. The van der Waals surface area contributed by atoms with E-state index in [1.807, 2.05) is 0 Å². The highest BCUT2D eigenvalue weighted by Gasteiger charge is 2.32. The summed E-state index contributed by atoms with van der Waals surface area (Å²) in [6.45, 7) is 5.22. The number of nitrogens with one attached hydrogen (secondary N) is 1. The molecule has 124 valence electrons. The van der Waals surface area contributed by atoms with Gasteiger partial charge in [-0.1, -0.05) is 65.2 Å². The van der Waals surface area contributed by atoms with E-state index in [4.69, 9.17) is 5.73 Å². The van der Waals surface area contributed by atoms with Crippen LogP contribution in [0.3, 0.4) is 0 Å². The van der Waals surface area contributed by atoms with Gasteiger partial charge in [0.05, 0.1) is 0 Å². The minimum Gasteiger partial charge on any atom is -0.356 e. The summed E-state index contributed by atoms with van der Waals surface area (Å²) in [5.74, 6) is 0.709. The zero-order valence-electron chi connectivity index (χ0n) is 14.2. The van der Waals surface area contributed by atoms with Crippen LogP contribution in [0.5, 0.6) is 0 Å². The van der Waals surface area contributed by atoms with Gasteiger partial charge in [-0.2, -0.15) is 0 Å². The molecule has 0 aromatic rings. The summed E-state index contributed by atoms with van der Waals surface area (Å²) >= 11 is 0. The highest BCUT2D eigenvalue weighted by atomic mass is 16.1. The molecule has 3 N–H and O–H groups in total. The van der Waals surface area contributed by atoms with Crippen molar-refractivity contribution >= 4 is 5.91 Å². The maximum atomic E-state index is 12.2. The summed E-state index contributed by atoms with van der Waals surface area (Å²) in [7, 11) is 0. The second-order valence-electron chi connectivity index (χ2n) is 6.83. The second-order valence-corrected chi connectivity index (χ2v) is 6.83. The molecule has 3 heteroatoms. The summed E-state index contributed by atoms with van der Waals surface area (Å²) in [5.41, 5.74) is 6.07. The highest BCUT2D eigenvalue weighted by Crippen LogP contribution is 2.28. The van der Waals surface area contributed by atoms with Crippen LogP contribution in [0.4, 0.5) is 0 Å². The predicted molar refractivity (Wildman–Crippen MR) is 90.1 cm³/mol. The Morgan fingerprint density at radius 3 is 2.33 bits per heavy atom. The maximum Gasteiger partial charge on any atom is 0.223 e. The van der Waals surface area contributed by atoms with Crippen LogP contribution < -0.4 is 11.1 Å². The number of unbranched alkanes of at least 4 members (excludes halogenated alkanes) is 7. The van der Waals surface area contributed by atoms with E-state index in [0.717, 1.165) is 32.2 Å². The Hall–Kier alpha value is -0.570. The summed E-state index contributed by atoms with van der Waals surface area (Å²) in [5, 5.41) is 3.12. The van der Waals surface area contributed by atoms with Crippen LogP contribution in [-0.4, -0.2) is 18.5 Å². The smallest absolute Gasteiger partial charge is 0.223 e. The number of hydrogen-bond acceptors (Lipinski definition) is 2. The molecule has 3 atom stereocenters. The minimum absolute atomic E-state index is 0.141. The van der Waals surface area contributed by atoms with Crippen LogP contribution in [-0.2, 0) is 4.79 Å². The zero-order chi connectivity index (χ0) is 15.5. The van der Waals surface area contributed by atoms with Crippen molar-refractivity contribution in [2.45, 2.75) is 90.5 Å². The monoisotopic (exact) mass is 296 g/mol. The van der Waals surface area contributed by atoms with E-state index < -0.39 is 0 Å². The van der Waals surface area contributed by atoms with Crippen LogP contribution in [0.15, 0.2) is 0 Å². The number of nitrogens with two attached hydrogens (primary N) is 1. The van der Waals surface area contributed by atoms with E-state index in [1.165, 1.54) is 44.9 Å². The van der Waals surface area contributed by atoms with E-state index in [9.17, 15) is 4.79 Å². The molecule has 0 radical (unpaired) electrons. The molecule has 0 saturated heterocycles. The first-order chi connectivity index (χ1) is 10.2. The van der Waals surface area contributed by atoms with Crippen molar-refractivity contribution in [2.24, 2.45) is 17.6 Å². The largest absolute Gasteiger partial charge is 0.356 e. The van der Waals surface area contributed by atoms with E-state index in [0.29, 0.717) is 5.92 Å². The van der Waals surface area contributed by atoms with Crippen LogP contribution in [0.25, 0.3) is 0 Å².